The lowest BCUT2D eigenvalue weighted by Gasteiger charge is -2.45. The smallest absolute Gasteiger partial charge is 0.0638 e. The summed E-state index contributed by atoms with van der Waals surface area (Å²) < 4.78 is 0.365. The molecule has 1 aliphatic heterocycles. The minimum Gasteiger partial charge on any atom is -0.308 e. The maximum Gasteiger partial charge on any atom is 0.0638 e. The first-order valence-corrected chi connectivity index (χ1v) is 5.32. The van der Waals surface area contributed by atoms with Gasteiger partial charge in [0.1, 0.15) is 0 Å². The van der Waals surface area contributed by atoms with Crippen LogP contribution in [0.25, 0.3) is 0 Å². The molecule has 0 spiro atoms. The molecule has 12 heavy (non-hydrogen) atoms. The van der Waals surface area contributed by atoms with Gasteiger partial charge >= 0.3 is 0 Å². The van der Waals surface area contributed by atoms with Crippen LogP contribution in [0.5, 0.6) is 0 Å². The van der Waals surface area contributed by atoms with E-state index >= 15 is 0 Å². The molecular formula is C9H16N2S. The SMILES string of the molecule is CC(CC#N)NC1CSC1(C)C. The van der Waals surface area contributed by atoms with E-state index in [1.165, 1.54) is 5.75 Å². The van der Waals surface area contributed by atoms with Gasteiger partial charge in [0.15, 0.2) is 0 Å². The van der Waals surface area contributed by atoms with Gasteiger partial charge in [-0.2, -0.15) is 17.0 Å². The standard InChI is InChI=1S/C9H16N2S/c1-7(4-5-10)11-8-6-12-9(8,2)3/h7-8,11H,4,6H2,1-3H3. The maximum atomic E-state index is 8.48. The number of hydrogen-bond donors (Lipinski definition) is 1. The van der Waals surface area contributed by atoms with E-state index in [4.69, 9.17) is 5.26 Å². The Morgan fingerprint density at radius 3 is 2.75 bits per heavy atom. The molecule has 1 rings (SSSR count). The molecule has 1 heterocycles. The fraction of sp³-hybridized carbons (Fsp3) is 0.889. The van der Waals surface area contributed by atoms with Crippen molar-refractivity contribution in [3.05, 3.63) is 0 Å². The minimum atomic E-state index is 0.333. The van der Waals surface area contributed by atoms with E-state index < -0.39 is 0 Å². The molecular weight excluding hydrogens is 168 g/mol. The summed E-state index contributed by atoms with van der Waals surface area (Å²) in [5, 5.41) is 11.9. The Labute approximate surface area is 78.7 Å². The van der Waals surface area contributed by atoms with E-state index in [0.29, 0.717) is 23.3 Å². The van der Waals surface area contributed by atoms with Crippen molar-refractivity contribution in [2.75, 3.05) is 5.75 Å². The lowest BCUT2D eigenvalue weighted by molar-refractivity contribution is 0.393. The lowest BCUT2D eigenvalue weighted by Crippen LogP contribution is -2.56. The second-order valence-electron chi connectivity index (χ2n) is 3.90. The van der Waals surface area contributed by atoms with Crippen LogP contribution in [0.15, 0.2) is 0 Å². The monoisotopic (exact) mass is 184 g/mol. The van der Waals surface area contributed by atoms with Crippen LogP contribution in [0.3, 0.4) is 0 Å². The highest BCUT2D eigenvalue weighted by molar-refractivity contribution is 8.02. The van der Waals surface area contributed by atoms with E-state index in [0.717, 1.165) is 0 Å². The number of rotatable bonds is 3. The van der Waals surface area contributed by atoms with Gasteiger partial charge in [-0.3, -0.25) is 0 Å². The summed E-state index contributed by atoms with van der Waals surface area (Å²) in [4.78, 5) is 0. The molecule has 0 amide bonds. The Morgan fingerprint density at radius 2 is 2.42 bits per heavy atom. The first-order chi connectivity index (χ1) is 5.56. The summed E-state index contributed by atoms with van der Waals surface area (Å²) in [6, 6.07) is 3.10. The second kappa shape index (κ2) is 3.68. The Balaban J connectivity index is 2.28. The summed E-state index contributed by atoms with van der Waals surface area (Å²) >= 11 is 1.99. The third kappa shape index (κ3) is 2.15. The van der Waals surface area contributed by atoms with Gasteiger partial charge in [-0.25, -0.2) is 0 Å². The predicted octanol–water partition coefficient (Wildman–Crippen LogP) is 1.77. The van der Waals surface area contributed by atoms with Gasteiger partial charge in [-0.05, 0) is 20.8 Å². The third-order valence-electron chi connectivity index (χ3n) is 2.34. The van der Waals surface area contributed by atoms with Gasteiger partial charge in [0.05, 0.1) is 12.5 Å². The Morgan fingerprint density at radius 1 is 1.75 bits per heavy atom. The molecule has 0 saturated carbocycles. The van der Waals surface area contributed by atoms with E-state index in [2.05, 4.69) is 32.2 Å². The molecule has 0 aromatic heterocycles. The van der Waals surface area contributed by atoms with Crippen LogP contribution in [0.4, 0.5) is 0 Å². The Bertz CT molecular complexity index is 195. The summed E-state index contributed by atoms with van der Waals surface area (Å²) in [6.07, 6.45) is 0.608. The van der Waals surface area contributed by atoms with Gasteiger partial charge in [-0.1, -0.05) is 0 Å². The summed E-state index contributed by atoms with van der Waals surface area (Å²) in [6.45, 7) is 6.57. The Hall–Kier alpha value is -0.200. The van der Waals surface area contributed by atoms with Gasteiger partial charge in [0.2, 0.25) is 0 Å². The molecule has 1 fully saturated rings. The molecule has 2 atom stereocenters. The van der Waals surface area contributed by atoms with Crippen LogP contribution in [0.2, 0.25) is 0 Å². The van der Waals surface area contributed by atoms with Gasteiger partial charge in [0.25, 0.3) is 0 Å². The van der Waals surface area contributed by atoms with Crippen molar-refractivity contribution >= 4 is 11.8 Å². The fourth-order valence-corrected chi connectivity index (χ4v) is 2.45. The van der Waals surface area contributed by atoms with Crippen LogP contribution in [-0.4, -0.2) is 22.6 Å². The molecule has 0 radical (unpaired) electrons. The molecule has 1 saturated heterocycles. The zero-order chi connectivity index (χ0) is 9.19. The van der Waals surface area contributed by atoms with Crippen LogP contribution < -0.4 is 5.32 Å². The van der Waals surface area contributed by atoms with Crippen molar-refractivity contribution in [1.29, 1.82) is 5.26 Å². The first kappa shape index (κ1) is 9.88. The zero-order valence-electron chi connectivity index (χ0n) is 7.92. The van der Waals surface area contributed by atoms with Crippen molar-refractivity contribution in [3.8, 4) is 6.07 Å². The van der Waals surface area contributed by atoms with Crippen molar-refractivity contribution in [1.82, 2.24) is 5.32 Å². The summed E-state index contributed by atoms with van der Waals surface area (Å²) in [5.41, 5.74) is 0. The molecule has 3 heteroatoms. The average molecular weight is 184 g/mol. The topological polar surface area (TPSA) is 35.8 Å². The number of thioether (sulfide) groups is 1. The summed E-state index contributed by atoms with van der Waals surface area (Å²) in [5.74, 6) is 1.18. The fourth-order valence-electron chi connectivity index (χ4n) is 1.29. The summed E-state index contributed by atoms with van der Waals surface area (Å²) in [7, 11) is 0. The molecule has 0 bridgehead atoms. The highest BCUT2D eigenvalue weighted by atomic mass is 32.2. The molecule has 0 aliphatic carbocycles. The van der Waals surface area contributed by atoms with Gasteiger partial charge < -0.3 is 5.32 Å². The second-order valence-corrected chi connectivity index (χ2v) is 5.57. The molecule has 1 aliphatic rings. The molecule has 0 aromatic rings. The molecule has 1 N–H and O–H groups in total. The van der Waals surface area contributed by atoms with E-state index in [-0.39, 0.29) is 0 Å². The number of nitriles is 1. The highest BCUT2D eigenvalue weighted by Gasteiger charge is 2.39. The van der Waals surface area contributed by atoms with E-state index in [1.807, 2.05) is 11.8 Å². The van der Waals surface area contributed by atoms with Crippen LogP contribution in [0.1, 0.15) is 27.2 Å². The third-order valence-corrected chi connectivity index (χ3v) is 3.87. The molecule has 2 unspecified atom stereocenters. The molecule has 68 valence electrons. The Kier molecular flexibility index (Phi) is 3.03. The van der Waals surface area contributed by atoms with Crippen molar-refractivity contribution < 1.29 is 0 Å². The highest BCUT2D eigenvalue weighted by Crippen LogP contribution is 2.40. The van der Waals surface area contributed by atoms with Crippen molar-refractivity contribution in [2.24, 2.45) is 0 Å². The van der Waals surface area contributed by atoms with Crippen LogP contribution >= 0.6 is 11.8 Å². The first-order valence-electron chi connectivity index (χ1n) is 4.33. The predicted molar refractivity (Wildman–Crippen MR) is 53.2 cm³/mol. The lowest BCUT2D eigenvalue weighted by atomic mass is 10.0. The van der Waals surface area contributed by atoms with E-state index in [9.17, 15) is 0 Å². The molecule has 0 aromatic carbocycles. The van der Waals surface area contributed by atoms with Crippen LogP contribution in [0, 0.1) is 11.3 Å². The normalized spacial score (nSPS) is 28.7. The number of nitrogens with one attached hydrogen (secondary N) is 1. The van der Waals surface area contributed by atoms with Crippen LogP contribution in [-0.2, 0) is 0 Å². The molecule has 2 nitrogen and oxygen atoms in total. The van der Waals surface area contributed by atoms with Crippen molar-refractivity contribution in [2.45, 2.75) is 44.0 Å². The quantitative estimate of drug-likeness (QED) is 0.726. The van der Waals surface area contributed by atoms with Gasteiger partial charge in [0, 0.05) is 22.6 Å². The largest absolute Gasteiger partial charge is 0.308 e. The maximum absolute atomic E-state index is 8.48. The zero-order valence-corrected chi connectivity index (χ0v) is 8.74. The van der Waals surface area contributed by atoms with Crippen molar-refractivity contribution in [3.63, 3.8) is 0 Å². The average Bonchev–Trinajstić information content (AvgIpc) is 1.99. The van der Waals surface area contributed by atoms with E-state index in [1.54, 1.807) is 0 Å². The minimum absolute atomic E-state index is 0.333. The number of nitrogens with zero attached hydrogens (tertiary/aromatic N) is 1. The number of hydrogen-bond acceptors (Lipinski definition) is 3. The van der Waals surface area contributed by atoms with Gasteiger partial charge in [-0.15, -0.1) is 0 Å².